The fourth-order valence-corrected chi connectivity index (χ4v) is 4.76. The third-order valence-electron chi connectivity index (χ3n) is 5.57. The molecule has 2 aromatic rings. The fourth-order valence-electron chi connectivity index (χ4n) is 3.80. The van der Waals surface area contributed by atoms with Gasteiger partial charge in [-0.25, -0.2) is 0 Å². The summed E-state index contributed by atoms with van der Waals surface area (Å²) in [7, 11) is 0. The van der Waals surface area contributed by atoms with Crippen LogP contribution in [0.3, 0.4) is 0 Å². The van der Waals surface area contributed by atoms with E-state index >= 15 is 0 Å². The highest BCUT2D eigenvalue weighted by atomic mass is 35.5. The second kappa shape index (κ2) is 12.5. The molecule has 1 unspecified atom stereocenters. The molecule has 5 nitrogen and oxygen atoms in total. The van der Waals surface area contributed by atoms with Crippen LogP contribution in [0.5, 0.6) is 0 Å². The quantitative estimate of drug-likeness (QED) is 0.481. The van der Waals surface area contributed by atoms with Gasteiger partial charge in [0.1, 0.15) is 6.04 Å². The number of rotatable bonds is 10. The van der Waals surface area contributed by atoms with Crippen LogP contribution in [0.1, 0.15) is 34.3 Å². The molecule has 1 atom stereocenters. The highest BCUT2D eigenvalue weighted by molar-refractivity contribution is 7.98. The third-order valence-corrected chi connectivity index (χ3v) is 6.76. The van der Waals surface area contributed by atoms with Crippen molar-refractivity contribution in [2.24, 2.45) is 0 Å². The molecule has 3 rings (SSSR count). The lowest BCUT2D eigenvalue weighted by molar-refractivity contribution is -0.123. The summed E-state index contributed by atoms with van der Waals surface area (Å²) in [6.45, 7) is 3.50. The molecule has 1 aliphatic heterocycles. The van der Waals surface area contributed by atoms with Gasteiger partial charge >= 0.3 is 0 Å². The Morgan fingerprint density at radius 2 is 1.94 bits per heavy atom. The summed E-state index contributed by atoms with van der Waals surface area (Å²) in [6.07, 6.45) is 4.45. The Bertz CT molecular complexity index is 941. The van der Waals surface area contributed by atoms with Gasteiger partial charge in [-0.2, -0.15) is 11.8 Å². The summed E-state index contributed by atoms with van der Waals surface area (Å²) in [5.41, 5.74) is 3.14. The van der Waals surface area contributed by atoms with Crippen LogP contribution in [0, 0.1) is 0 Å². The van der Waals surface area contributed by atoms with E-state index in [-0.39, 0.29) is 16.8 Å². The molecule has 0 aromatic heterocycles. The summed E-state index contributed by atoms with van der Waals surface area (Å²) >= 11 is 13.7. The summed E-state index contributed by atoms with van der Waals surface area (Å²) in [4.78, 5) is 27.8. The summed E-state index contributed by atoms with van der Waals surface area (Å²) < 4.78 is 0. The molecule has 0 aliphatic carbocycles. The van der Waals surface area contributed by atoms with Crippen LogP contribution in [0.15, 0.2) is 42.5 Å². The number of nitrogens with one attached hydrogen (secondary N) is 2. The lowest BCUT2D eigenvalue weighted by Gasteiger charge is -2.28. The van der Waals surface area contributed by atoms with Crippen LogP contribution in [-0.2, 0) is 17.8 Å². The van der Waals surface area contributed by atoms with Crippen LogP contribution in [0.2, 0.25) is 10.0 Å². The predicted molar refractivity (Wildman–Crippen MR) is 134 cm³/mol. The fraction of sp³-hybridized carbons (Fsp3) is 0.417. The van der Waals surface area contributed by atoms with E-state index in [4.69, 9.17) is 23.2 Å². The molecule has 0 saturated carbocycles. The number of amides is 2. The number of carbonyl (C=O) groups excluding carboxylic acids is 2. The van der Waals surface area contributed by atoms with Gasteiger partial charge in [0.05, 0.1) is 10.6 Å². The molecule has 1 aliphatic rings. The normalized spacial score (nSPS) is 14.5. The zero-order valence-corrected chi connectivity index (χ0v) is 20.5. The van der Waals surface area contributed by atoms with E-state index in [1.807, 2.05) is 6.26 Å². The van der Waals surface area contributed by atoms with Crippen molar-refractivity contribution in [1.82, 2.24) is 15.5 Å². The van der Waals surface area contributed by atoms with E-state index in [2.05, 4.69) is 39.8 Å². The summed E-state index contributed by atoms with van der Waals surface area (Å²) in [5, 5.41) is 6.54. The predicted octanol–water partition coefficient (Wildman–Crippen LogP) is 4.41. The second-order valence-corrected chi connectivity index (χ2v) is 9.70. The number of hydrogen-bond acceptors (Lipinski definition) is 4. The van der Waals surface area contributed by atoms with E-state index in [0.29, 0.717) is 23.6 Å². The number of halogens is 2. The van der Waals surface area contributed by atoms with Gasteiger partial charge in [-0.05, 0) is 60.6 Å². The van der Waals surface area contributed by atoms with E-state index in [9.17, 15) is 9.59 Å². The molecule has 32 heavy (non-hydrogen) atoms. The second-order valence-electron chi connectivity index (χ2n) is 7.87. The zero-order valence-electron chi connectivity index (χ0n) is 18.2. The van der Waals surface area contributed by atoms with Gasteiger partial charge in [-0.1, -0.05) is 47.5 Å². The Morgan fingerprint density at radius 1 is 1.16 bits per heavy atom. The van der Waals surface area contributed by atoms with Crippen molar-refractivity contribution in [2.75, 3.05) is 31.6 Å². The lowest BCUT2D eigenvalue weighted by atomic mass is 10.00. The maximum Gasteiger partial charge on any atom is 0.253 e. The summed E-state index contributed by atoms with van der Waals surface area (Å²) in [6, 6.07) is 12.7. The zero-order chi connectivity index (χ0) is 22.9. The Kier molecular flexibility index (Phi) is 9.72. The highest BCUT2D eigenvalue weighted by Gasteiger charge is 2.22. The molecule has 0 spiro atoms. The Morgan fingerprint density at radius 3 is 2.69 bits per heavy atom. The number of thioether (sulfide) groups is 1. The van der Waals surface area contributed by atoms with Crippen LogP contribution >= 0.6 is 35.0 Å². The maximum absolute atomic E-state index is 12.8. The van der Waals surface area contributed by atoms with Crippen LogP contribution in [0.25, 0.3) is 0 Å². The molecule has 0 bridgehead atoms. The molecule has 2 N–H and O–H groups in total. The standard InChI is InChI=1S/C24H29Cl2N3O2S/c1-32-14-10-22(28-23(30)20-8-7-19(25)15-21(20)26)24(31)27-11-4-12-29-13-9-17-5-2-3-6-18(17)16-29/h2-3,5-8,15,22H,4,9-14,16H2,1H3,(H,27,31)(H,28,30). The first-order valence-electron chi connectivity index (χ1n) is 10.8. The van der Waals surface area contributed by atoms with Crippen molar-refractivity contribution >= 4 is 46.8 Å². The van der Waals surface area contributed by atoms with Gasteiger partial charge in [0.2, 0.25) is 5.91 Å². The molecule has 0 radical (unpaired) electrons. The van der Waals surface area contributed by atoms with E-state index in [1.165, 1.54) is 17.2 Å². The maximum atomic E-state index is 12.8. The Hall–Kier alpha value is -1.73. The van der Waals surface area contributed by atoms with Gasteiger partial charge in [-0.15, -0.1) is 0 Å². The van der Waals surface area contributed by atoms with Crippen molar-refractivity contribution in [2.45, 2.75) is 31.8 Å². The number of nitrogens with zero attached hydrogens (tertiary/aromatic N) is 1. The molecule has 2 amide bonds. The van der Waals surface area contributed by atoms with Crippen molar-refractivity contribution in [1.29, 1.82) is 0 Å². The molecule has 0 saturated heterocycles. The minimum Gasteiger partial charge on any atom is -0.354 e. The largest absolute Gasteiger partial charge is 0.354 e. The molecule has 0 fully saturated rings. The third kappa shape index (κ3) is 7.14. The monoisotopic (exact) mass is 493 g/mol. The molecule has 172 valence electrons. The van der Waals surface area contributed by atoms with E-state index in [0.717, 1.165) is 38.2 Å². The first kappa shape index (κ1) is 24.9. The lowest BCUT2D eigenvalue weighted by Crippen LogP contribution is -2.47. The van der Waals surface area contributed by atoms with Gasteiger partial charge in [0, 0.05) is 31.2 Å². The van der Waals surface area contributed by atoms with Gasteiger partial charge in [0.25, 0.3) is 5.91 Å². The van der Waals surface area contributed by atoms with Crippen molar-refractivity contribution < 1.29 is 9.59 Å². The Labute approximate surface area is 204 Å². The smallest absolute Gasteiger partial charge is 0.253 e. The van der Waals surface area contributed by atoms with E-state index < -0.39 is 6.04 Å². The number of fused-ring (bicyclic) bond motifs is 1. The van der Waals surface area contributed by atoms with Gasteiger partial charge in [0.15, 0.2) is 0 Å². The SMILES string of the molecule is CSCCC(NC(=O)c1ccc(Cl)cc1Cl)C(=O)NCCCN1CCc2ccccc2C1. The van der Waals surface area contributed by atoms with Crippen LogP contribution in [-0.4, -0.2) is 54.4 Å². The molecule has 2 aromatic carbocycles. The molecule has 8 heteroatoms. The Balaban J connectivity index is 1.47. The van der Waals surface area contributed by atoms with Crippen LogP contribution in [0.4, 0.5) is 0 Å². The highest BCUT2D eigenvalue weighted by Crippen LogP contribution is 2.21. The van der Waals surface area contributed by atoms with Crippen LogP contribution < -0.4 is 10.6 Å². The van der Waals surface area contributed by atoms with Gasteiger partial charge < -0.3 is 10.6 Å². The van der Waals surface area contributed by atoms with Crippen molar-refractivity contribution in [3.05, 3.63) is 69.2 Å². The minimum absolute atomic E-state index is 0.165. The molecular weight excluding hydrogens is 465 g/mol. The first-order valence-corrected chi connectivity index (χ1v) is 12.9. The minimum atomic E-state index is -0.608. The number of benzene rings is 2. The average molecular weight is 494 g/mol. The molecule has 1 heterocycles. The van der Waals surface area contributed by atoms with Crippen molar-refractivity contribution in [3.8, 4) is 0 Å². The topological polar surface area (TPSA) is 61.4 Å². The first-order chi connectivity index (χ1) is 15.5. The molecular formula is C24H29Cl2N3O2S. The van der Waals surface area contributed by atoms with Crippen molar-refractivity contribution in [3.63, 3.8) is 0 Å². The number of hydrogen-bond donors (Lipinski definition) is 2. The summed E-state index contributed by atoms with van der Waals surface area (Å²) in [5.74, 6) is 0.223. The number of carbonyl (C=O) groups is 2. The van der Waals surface area contributed by atoms with E-state index in [1.54, 1.807) is 23.9 Å². The average Bonchev–Trinajstić information content (AvgIpc) is 2.79. The van der Waals surface area contributed by atoms with Gasteiger partial charge in [-0.3, -0.25) is 14.5 Å².